The molecule has 1 saturated heterocycles. The Hall–Kier alpha value is -2.66. The van der Waals surface area contributed by atoms with Gasteiger partial charge in [0.2, 0.25) is 5.91 Å². The number of benzene rings is 2. The highest BCUT2D eigenvalue weighted by atomic mass is 16.5. The van der Waals surface area contributed by atoms with Crippen LogP contribution in [0.5, 0.6) is 0 Å². The second kappa shape index (κ2) is 8.44. The Balaban J connectivity index is 1.47. The smallest absolute Gasteiger partial charge is 0.251 e. The predicted octanol–water partition coefficient (Wildman–Crippen LogP) is 2.41. The summed E-state index contributed by atoms with van der Waals surface area (Å²) in [5.41, 5.74) is 1.68. The van der Waals surface area contributed by atoms with Crippen LogP contribution in [0.25, 0.3) is 0 Å². The number of hydrogen-bond donors (Lipinski definition) is 1. The maximum Gasteiger partial charge on any atom is 0.251 e. The van der Waals surface area contributed by atoms with Crippen molar-refractivity contribution >= 4 is 11.8 Å². The van der Waals surface area contributed by atoms with E-state index in [0.29, 0.717) is 38.2 Å². The van der Waals surface area contributed by atoms with E-state index >= 15 is 0 Å². The standard InChI is InChI=1S/C20H22N2O3/c23-19(11-12-21-20(24)17-9-5-2-6-10-17)22-13-14-25-18(15-22)16-7-3-1-4-8-16/h1-10,18H,11-15H2,(H,21,24)/t18-/m0/s1. The summed E-state index contributed by atoms with van der Waals surface area (Å²) >= 11 is 0. The summed E-state index contributed by atoms with van der Waals surface area (Å²) in [4.78, 5) is 26.2. The number of nitrogens with one attached hydrogen (secondary N) is 1. The molecule has 2 aromatic carbocycles. The molecule has 0 aliphatic carbocycles. The fourth-order valence-corrected chi connectivity index (χ4v) is 2.88. The molecule has 5 heteroatoms. The molecule has 1 aliphatic rings. The highest BCUT2D eigenvalue weighted by Gasteiger charge is 2.25. The van der Waals surface area contributed by atoms with Crippen molar-refractivity contribution in [2.45, 2.75) is 12.5 Å². The van der Waals surface area contributed by atoms with Gasteiger partial charge >= 0.3 is 0 Å². The Bertz CT molecular complexity index is 703. The number of hydrogen-bond acceptors (Lipinski definition) is 3. The number of morpholine rings is 1. The van der Waals surface area contributed by atoms with Gasteiger partial charge in [-0.25, -0.2) is 0 Å². The first-order chi connectivity index (χ1) is 12.2. The lowest BCUT2D eigenvalue weighted by atomic mass is 10.1. The Morgan fingerprint density at radius 2 is 1.72 bits per heavy atom. The minimum atomic E-state index is -0.155. The van der Waals surface area contributed by atoms with Crippen LogP contribution in [0.15, 0.2) is 60.7 Å². The van der Waals surface area contributed by atoms with Crippen molar-refractivity contribution < 1.29 is 14.3 Å². The van der Waals surface area contributed by atoms with Gasteiger partial charge in [-0.15, -0.1) is 0 Å². The van der Waals surface area contributed by atoms with Crippen molar-refractivity contribution in [1.82, 2.24) is 10.2 Å². The van der Waals surface area contributed by atoms with Gasteiger partial charge in [-0.2, -0.15) is 0 Å². The predicted molar refractivity (Wildman–Crippen MR) is 95.1 cm³/mol. The molecule has 2 aromatic rings. The van der Waals surface area contributed by atoms with Crippen LogP contribution in [0.4, 0.5) is 0 Å². The zero-order chi connectivity index (χ0) is 17.5. The summed E-state index contributed by atoms with van der Waals surface area (Å²) in [6, 6.07) is 18.9. The molecule has 5 nitrogen and oxygen atoms in total. The van der Waals surface area contributed by atoms with Gasteiger partial charge in [-0.1, -0.05) is 48.5 Å². The molecule has 130 valence electrons. The molecule has 0 unspecified atom stereocenters. The minimum Gasteiger partial charge on any atom is -0.370 e. The van der Waals surface area contributed by atoms with Gasteiger partial charge in [0.05, 0.1) is 13.2 Å². The summed E-state index contributed by atoms with van der Waals surface area (Å²) in [7, 11) is 0. The van der Waals surface area contributed by atoms with E-state index in [-0.39, 0.29) is 17.9 Å². The van der Waals surface area contributed by atoms with Gasteiger partial charge in [0.1, 0.15) is 6.10 Å². The summed E-state index contributed by atoms with van der Waals surface area (Å²) in [5.74, 6) is -0.116. The Morgan fingerprint density at radius 3 is 2.44 bits per heavy atom. The molecule has 1 fully saturated rings. The van der Waals surface area contributed by atoms with E-state index in [2.05, 4.69) is 5.32 Å². The second-order valence-electron chi connectivity index (χ2n) is 5.98. The van der Waals surface area contributed by atoms with E-state index < -0.39 is 0 Å². The lowest BCUT2D eigenvalue weighted by Gasteiger charge is -2.33. The summed E-state index contributed by atoms with van der Waals surface area (Å²) in [5, 5.41) is 2.79. The third kappa shape index (κ3) is 4.67. The minimum absolute atomic E-state index is 0.0394. The van der Waals surface area contributed by atoms with Crippen molar-refractivity contribution in [3.05, 3.63) is 71.8 Å². The molecule has 0 bridgehead atoms. The SMILES string of the molecule is O=C(NCCC(=O)N1CCO[C@H](c2ccccc2)C1)c1ccccc1. The Kier molecular flexibility index (Phi) is 5.80. The van der Waals surface area contributed by atoms with Crippen LogP contribution >= 0.6 is 0 Å². The molecule has 0 spiro atoms. The number of carbonyl (C=O) groups excluding carboxylic acids is 2. The highest BCUT2D eigenvalue weighted by molar-refractivity contribution is 5.94. The maximum absolute atomic E-state index is 12.4. The zero-order valence-electron chi connectivity index (χ0n) is 14.1. The largest absolute Gasteiger partial charge is 0.370 e. The lowest BCUT2D eigenvalue weighted by molar-refractivity contribution is -0.138. The molecule has 25 heavy (non-hydrogen) atoms. The maximum atomic E-state index is 12.4. The van der Waals surface area contributed by atoms with Gasteiger partial charge in [-0.3, -0.25) is 9.59 Å². The van der Waals surface area contributed by atoms with Crippen molar-refractivity contribution in [3.63, 3.8) is 0 Å². The molecule has 1 N–H and O–H groups in total. The fourth-order valence-electron chi connectivity index (χ4n) is 2.88. The fraction of sp³-hybridized carbons (Fsp3) is 0.300. The van der Waals surface area contributed by atoms with Crippen LogP contribution in [0, 0.1) is 0 Å². The van der Waals surface area contributed by atoms with Gasteiger partial charge in [0.15, 0.2) is 0 Å². The molecule has 2 amide bonds. The summed E-state index contributed by atoms with van der Waals surface area (Å²) in [6.07, 6.45) is 0.206. The van der Waals surface area contributed by atoms with E-state index in [0.717, 1.165) is 5.56 Å². The Morgan fingerprint density at radius 1 is 1.04 bits per heavy atom. The van der Waals surface area contributed by atoms with E-state index in [9.17, 15) is 9.59 Å². The second-order valence-corrected chi connectivity index (χ2v) is 5.98. The molecular formula is C20H22N2O3. The molecule has 1 heterocycles. The van der Waals surface area contributed by atoms with Gasteiger partial charge in [0.25, 0.3) is 5.91 Å². The topological polar surface area (TPSA) is 58.6 Å². The number of ether oxygens (including phenoxy) is 1. The van der Waals surface area contributed by atoms with E-state index in [1.807, 2.05) is 53.4 Å². The van der Waals surface area contributed by atoms with Gasteiger partial charge in [0, 0.05) is 25.1 Å². The van der Waals surface area contributed by atoms with Crippen LogP contribution in [0.3, 0.4) is 0 Å². The molecule has 3 rings (SSSR count). The van der Waals surface area contributed by atoms with Gasteiger partial charge in [-0.05, 0) is 17.7 Å². The Labute approximate surface area is 147 Å². The first-order valence-electron chi connectivity index (χ1n) is 8.51. The summed E-state index contributed by atoms with van der Waals surface area (Å²) < 4.78 is 5.78. The summed E-state index contributed by atoms with van der Waals surface area (Å²) in [6.45, 7) is 2.01. The highest BCUT2D eigenvalue weighted by Crippen LogP contribution is 2.22. The van der Waals surface area contributed by atoms with E-state index in [4.69, 9.17) is 4.74 Å². The third-order valence-corrected chi connectivity index (χ3v) is 4.25. The molecule has 0 aromatic heterocycles. The quantitative estimate of drug-likeness (QED) is 0.911. The van der Waals surface area contributed by atoms with Crippen LogP contribution in [0.2, 0.25) is 0 Å². The van der Waals surface area contributed by atoms with Crippen molar-refractivity contribution in [2.75, 3.05) is 26.2 Å². The average molecular weight is 338 g/mol. The normalized spacial score (nSPS) is 17.1. The van der Waals surface area contributed by atoms with Crippen LogP contribution < -0.4 is 5.32 Å². The molecule has 0 radical (unpaired) electrons. The van der Waals surface area contributed by atoms with E-state index in [1.165, 1.54) is 0 Å². The first-order valence-corrected chi connectivity index (χ1v) is 8.51. The lowest BCUT2D eigenvalue weighted by Crippen LogP contribution is -2.43. The van der Waals surface area contributed by atoms with Gasteiger partial charge < -0.3 is 15.0 Å². The molecule has 1 aliphatic heterocycles. The van der Waals surface area contributed by atoms with Crippen LogP contribution in [0.1, 0.15) is 28.4 Å². The van der Waals surface area contributed by atoms with Crippen LogP contribution in [-0.2, 0) is 9.53 Å². The van der Waals surface area contributed by atoms with E-state index in [1.54, 1.807) is 12.1 Å². The average Bonchev–Trinajstić information content (AvgIpc) is 2.69. The number of nitrogens with zero attached hydrogens (tertiary/aromatic N) is 1. The number of carbonyl (C=O) groups is 2. The third-order valence-electron chi connectivity index (χ3n) is 4.25. The number of rotatable bonds is 5. The van der Waals surface area contributed by atoms with Crippen molar-refractivity contribution in [1.29, 1.82) is 0 Å². The van der Waals surface area contributed by atoms with Crippen molar-refractivity contribution in [3.8, 4) is 0 Å². The first kappa shape index (κ1) is 17.2. The monoisotopic (exact) mass is 338 g/mol. The van der Waals surface area contributed by atoms with Crippen molar-refractivity contribution in [2.24, 2.45) is 0 Å². The zero-order valence-corrected chi connectivity index (χ0v) is 14.1. The molecular weight excluding hydrogens is 316 g/mol. The molecule has 0 saturated carbocycles. The van der Waals surface area contributed by atoms with Crippen LogP contribution in [-0.4, -0.2) is 43.0 Å². The number of amides is 2. The molecule has 1 atom stereocenters.